The lowest BCUT2D eigenvalue weighted by Crippen LogP contribution is -2.47. The molecule has 0 aromatic carbocycles. The zero-order valence-electron chi connectivity index (χ0n) is 18.5. The summed E-state index contributed by atoms with van der Waals surface area (Å²) in [5.41, 5.74) is 1.84. The van der Waals surface area contributed by atoms with Crippen molar-refractivity contribution in [2.75, 3.05) is 29.9 Å². The molecule has 0 spiro atoms. The van der Waals surface area contributed by atoms with Crippen LogP contribution in [0, 0.1) is 11.8 Å². The minimum Gasteiger partial charge on any atom is -0.356 e. The highest BCUT2D eigenvalue weighted by Gasteiger charge is 2.36. The summed E-state index contributed by atoms with van der Waals surface area (Å²) < 4.78 is 1.93. The minimum absolute atomic E-state index is 0.0353. The Kier molecular flexibility index (Phi) is 5.23. The van der Waals surface area contributed by atoms with E-state index in [9.17, 15) is 14.4 Å². The van der Waals surface area contributed by atoms with E-state index >= 15 is 0 Å². The van der Waals surface area contributed by atoms with E-state index in [0.717, 1.165) is 37.6 Å². The van der Waals surface area contributed by atoms with Gasteiger partial charge < -0.3 is 19.7 Å². The molecule has 2 saturated heterocycles. The number of rotatable bonds is 4. The van der Waals surface area contributed by atoms with Crippen LogP contribution in [0.5, 0.6) is 0 Å². The predicted octanol–water partition coefficient (Wildman–Crippen LogP) is 2.06. The Morgan fingerprint density at radius 3 is 2.66 bits per heavy atom. The van der Waals surface area contributed by atoms with Crippen molar-refractivity contribution in [3.05, 3.63) is 52.6 Å². The molecule has 2 aromatic heterocycles. The highest BCUT2D eigenvalue weighted by atomic mass is 16.2. The van der Waals surface area contributed by atoms with Crippen LogP contribution in [0.2, 0.25) is 0 Å². The van der Waals surface area contributed by atoms with Gasteiger partial charge in [0, 0.05) is 56.3 Å². The van der Waals surface area contributed by atoms with Gasteiger partial charge >= 0.3 is 0 Å². The summed E-state index contributed by atoms with van der Waals surface area (Å²) in [6.07, 6.45) is 3.05. The molecule has 168 valence electrons. The van der Waals surface area contributed by atoms with E-state index in [0.29, 0.717) is 24.1 Å². The first-order valence-electron chi connectivity index (χ1n) is 11.4. The third-order valence-electron chi connectivity index (χ3n) is 6.97. The van der Waals surface area contributed by atoms with Crippen LogP contribution in [-0.4, -0.2) is 51.9 Å². The summed E-state index contributed by atoms with van der Waals surface area (Å²) in [5, 5.41) is 2.92. The van der Waals surface area contributed by atoms with Crippen molar-refractivity contribution in [3.8, 4) is 0 Å². The van der Waals surface area contributed by atoms with E-state index in [1.165, 1.54) is 0 Å². The SMILES string of the molecule is CC(C)N1CC(C(=O)Nc2ccc(N3CC4CC(C3)c3cccc(=O)n3C4)nc2)CC1=O. The number of anilines is 2. The van der Waals surface area contributed by atoms with E-state index in [-0.39, 0.29) is 35.8 Å². The highest BCUT2D eigenvalue weighted by molar-refractivity contribution is 5.97. The van der Waals surface area contributed by atoms with E-state index in [1.807, 2.05) is 36.6 Å². The lowest BCUT2D eigenvalue weighted by atomic mass is 9.83. The van der Waals surface area contributed by atoms with Crippen molar-refractivity contribution in [2.24, 2.45) is 11.8 Å². The third-order valence-corrected chi connectivity index (χ3v) is 6.97. The second kappa shape index (κ2) is 8.07. The number of fused-ring (bicyclic) bond motifs is 4. The van der Waals surface area contributed by atoms with E-state index in [2.05, 4.69) is 21.3 Å². The maximum Gasteiger partial charge on any atom is 0.250 e. The number of nitrogens with one attached hydrogen (secondary N) is 1. The quantitative estimate of drug-likeness (QED) is 0.794. The maximum atomic E-state index is 12.6. The van der Waals surface area contributed by atoms with Crippen LogP contribution < -0.4 is 15.8 Å². The van der Waals surface area contributed by atoms with Gasteiger partial charge in [-0.2, -0.15) is 0 Å². The topological polar surface area (TPSA) is 87.5 Å². The summed E-state index contributed by atoms with van der Waals surface area (Å²) in [7, 11) is 0. The molecule has 2 fully saturated rings. The van der Waals surface area contributed by atoms with Crippen molar-refractivity contribution in [1.29, 1.82) is 0 Å². The van der Waals surface area contributed by atoms with Gasteiger partial charge in [0.2, 0.25) is 11.8 Å². The number of pyridine rings is 2. The van der Waals surface area contributed by atoms with Gasteiger partial charge in [-0.15, -0.1) is 0 Å². The molecular formula is C24H29N5O3. The number of carbonyl (C=O) groups is 2. The van der Waals surface area contributed by atoms with Crippen molar-refractivity contribution in [1.82, 2.24) is 14.5 Å². The number of amides is 2. The number of carbonyl (C=O) groups excluding carboxylic acids is 2. The molecule has 3 aliphatic heterocycles. The molecule has 0 saturated carbocycles. The lowest BCUT2D eigenvalue weighted by Gasteiger charge is -2.43. The first kappa shape index (κ1) is 20.7. The lowest BCUT2D eigenvalue weighted by molar-refractivity contribution is -0.129. The highest BCUT2D eigenvalue weighted by Crippen LogP contribution is 2.36. The van der Waals surface area contributed by atoms with Gasteiger partial charge in [0.15, 0.2) is 0 Å². The Morgan fingerprint density at radius 2 is 1.94 bits per heavy atom. The van der Waals surface area contributed by atoms with Gasteiger partial charge in [0.25, 0.3) is 5.56 Å². The zero-order chi connectivity index (χ0) is 22.4. The standard InChI is InChI=1S/C24H29N5O3/c1-15(2)28-14-18(9-23(28)31)24(32)26-19-6-7-21(25-10-19)27-11-16-8-17(13-27)20-4-3-5-22(30)29(20)12-16/h3-7,10,15-18H,8-9,11-14H2,1-2H3,(H,26,32). The largest absolute Gasteiger partial charge is 0.356 e. The van der Waals surface area contributed by atoms with Gasteiger partial charge in [-0.3, -0.25) is 14.4 Å². The van der Waals surface area contributed by atoms with Crippen molar-refractivity contribution in [3.63, 3.8) is 0 Å². The fraction of sp³-hybridized carbons (Fsp3) is 0.500. The van der Waals surface area contributed by atoms with Crippen LogP contribution in [-0.2, 0) is 16.1 Å². The van der Waals surface area contributed by atoms with Crippen LogP contribution in [0.3, 0.4) is 0 Å². The maximum absolute atomic E-state index is 12.6. The molecule has 2 bridgehead atoms. The van der Waals surface area contributed by atoms with Crippen molar-refractivity contribution in [2.45, 2.75) is 45.2 Å². The van der Waals surface area contributed by atoms with Crippen LogP contribution in [0.15, 0.2) is 41.3 Å². The van der Waals surface area contributed by atoms with Crippen molar-refractivity contribution < 1.29 is 9.59 Å². The zero-order valence-corrected chi connectivity index (χ0v) is 18.5. The van der Waals surface area contributed by atoms with Gasteiger partial charge in [-0.1, -0.05) is 6.07 Å². The summed E-state index contributed by atoms with van der Waals surface area (Å²) in [5.74, 6) is 1.20. The second-order valence-corrected chi connectivity index (χ2v) is 9.54. The fourth-order valence-electron chi connectivity index (χ4n) is 5.38. The molecule has 3 aliphatic rings. The molecule has 1 N–H and O–H groups in total. The van der Waals surface area contributed by atoms with Crippen LogP contribution in [0.1, 0.15) is 38.3 Å². The van der Waals surface area contributed by atoms with Gasteiger partial charge in [-0.05, 0) is 44.4 Å². The molecule has 2 amide bonds. The molecule has 5 rings (SSSR count). The summed E-state index contributed by atoms with van der Waals surface area (Å²) in [6.45, 7) is 6.84. The van der Waals surface area contributed by atoms with E-state index in [4.69, 9.17) is 0 Å². The molecule has 0 aliphatic carbocycles. The summed E-state index contributed by atoms with van der Waals surface area (Å²) in [4.78, 5) is 45.6. The number of likely N-dealkylation sites (tertiary alicyclic amines) is 1. The Hall–Kier alpha value is -3.16. The Morgan fingerprint density at radius 1 is 1.09 bits per heavy atom. The number of aromatic nitrogens is 2. The molecule has 8 nitrogen and oxygen atoms in total. The average molecular weight is 436 g/mol. The smallest absolute Gasteiger partial charge is 0.250 e. The minimum atomic E-state index is -0.325. The number of nitrogens with zero attached hydrogens (tertiary/aromatic N) is 4. The molecule has 0 radical (unpaired) electrons. The normalized spacial score (nSPS) is 24.6. The average Bonchev–Trinajstić information content (AvgIpc) is 3.17. The van der Waals surface area contributed by atoms with Crippen molar-refractivity contribution >= 4 is 23.3 Å². The molecule has 2 aromatic rings. The van der Waals surface area contributed by atoms with Gasteiger partial charge in [-0.25, -0.2) is 4.98 Å². The molecule has 8 heteroatoms. The van der Waals surface area contributed by atoms with Crippen LogP contribution >= 0.6 is 0 Å². The molecule has 3 atom stereocenters. The molecular weight excluding hydrogens is 406 g/mol. The first-order chi connectivity index (χ1) is 15.4. The number of hydrogen-bond donors (Lipinski definition) is 1. The van der Waals surface area contributed by atoms with Gasteiger partial charge in [0.1, 0.15) is 5.82 Å². The fourth-order valence-corrected chi connectivity index (χ4v) is 5.38. The molecule has 3 unspecified atom stereocenters. The monoisotopic (exact) mass is 435 g/mol. The van der Waals surface area contributed by atoms with E-state index < -0.39 is 0 Å². The van der Waals surface area contributed by atoms with Crippen LogP contribution in [0.4, 0.5) is 11.5 Å². The Balaban J connectivity index is 1.24. The number of piperidine rings is 1. The van der Waals surface area contributed by atoms with E-state index in [1.54, 1.807) is 17.2 Å². The second-order valence-electron chi connectivity index (χ2n) is 9.54. The Labute approximate surface area is 187 Å². The predicted molar refractivity (Wildman–Crippen MR) is 122 cm³/mol. The first-order valence-corrected chi connectivity index (χ1v) is 11.4. The summed E-state index contributed by atoms with van der Waals surface area (Å²) in [6, 6.07) is 9.47. The molecule has 5 heterocycles. The Bertz CT molecular complexity index is 1090. The molecule has 32 heavy (non-hydrogen) atoms. The summed E-state index contributed by atoms with van der Waals surface area (Å²) >= 11 is 0. The number of hydrogen-bond acceptors (Lipinski definition) is 5. The van der Waals surface area contributed by atoms with Crippen LogP contribution in [0.25, 0.3) is 0 Å². The third kappa shape index (κ3) is 3.78. The van der Waals surface area contributed by atoms with Gasteiger partial charge in [0.05, 0.1) is 17.8 Å².